The standard InChI is InChI=1S/C104H169BN2/c1-104(2,3)78-52-48-64(49-53-78)77-62-95-101-96(63-77)107(103-81(67-28-12-6-13-29-67)40-23-41-82(103)68-30-14-7-15-31-68)94-61-72(76-57-74-37-21-45-86-84-43-17-33-70-35-19-47-88(98(70)84)90(59-76)100(74)86)51-55-92(94)105(101)91-54-50-71(75-56-73-36-20-44-85-83-42-16-32-69-34-18-46-87(97(69)83)89(58-75)99(73)85)60-93(91)106(95)102-79(65-24-8-4-9-25-65)38-22-39-80(102)66-26-10-5-11-27-66/h64-103H,4-63H2,1-3H3. The minimum absolute atomic E-state index is 0.458. The molecule has 22 rings (SSSR count). The van der Waals surface area contributed by atoms with Crippen LogP contribution < -0.4 is 0 Å². The highest BCUT2D eigenvalue weighted by atomic mass is 15.3. The van der Waals surface area contributed by atoms with Crippen molar-refractivity contribution in [1.29, 1.82) is 0 Å². The highest BCUT2D eigenvalue weighted by Gasteiger charge is 2.70. The quantitative estimate of drug-likeness (QED) is 0.212. The summed E-state index contributed by atoms with van der Waals surface area (Å²) in [5.41, 5.74) is 0.458. The molecule has 30 unspecified atom stereocenters. The molecule has 0 bridgehead atoms. The van der Waals surface area contributed by atoms with Gasteiger partial charge in [0.05, 0.1) is 0 Å². The van der Waals surface area contributed by atoms with Crippen molar-refractivity contribution in [1.82, 2.24) is 9.80 Å². The zero-order chi connectivity index (χ0) is 70.8. The zero-order valence-electron chi connectivity index (χ0n) is 70.5. The maximum Gasteiger partial charge on any atom is 0.156 e. The number of nitrogens with zero attached hydrogens (tertiary/aromatic N) is 2. The Hall–Kier alpha value is -0.0151. The summed E-state index contributed by atoms with van der Waals surface area (Å²) >= 11 is 0. The average molecular weight is 1460 g/mol. The summed E-state index contributed by atoms with van der Waals surface area (Å²) in [6.07, 6.45) is 97.1. The third-order valence-corrected chi connectivity index (χ3v) is 44.7. The van der Waals surface area contributed by atoms with Gasteiger partial charge in [-0.1, -0.05) is 265 Å². The van der Waals surface area contributed by atoms with Crippen molar-refractivity contribution in [3.05, 3.63) is 0 Å². The largest absolute Gasteiger partial charge is 0.295 e. The molecule has 0 radical (unpaired) electrons. The van der Waals surface area contributed by atoms with E-state index in [9.17, 15) is 0 Å². The molecule has 22 aliphatic rings. The smallest absolute Gasteiger partial charge is 0.156 e. The Kier molecular flexibility index (Phi) is 21.1. The van der Waals surface area contributed by atoms with Gasteiger partial charge in [0.15, 0.2) is 6.71 Å². The molecule has 20 saturated carbocycles. The van der Waals surface area contributed by atoms with E-state index in [1.54, 1.807) is 385 Å². The Morgan fingerprint density at radius 1 is 0.196 bits per heavy atom. The van der Waals surface area contributed by atoms with Gasteiger partial charge >= 0.3 is 0 Å². The summed E-state index contributed by atoms with van der Waals surface area (Å²) in [7, 11) is 0. The van der Waals surface area contributed by atoms with E-state index in [4.69, 9.17) is 0 Å². The number of rotatable bonds is 9. The summed E-state index contributed by atoms with van der Waals surface area (Å²) in [6, 6.07) is 5.34. The molecule has 0 amide bonds. The van der Waals surface area contributed by atoms with E-state index in [-0.39, 0.29) is 0 Å². The second-order valence-corrected chi connectivity index (χ2v) is 48.8. The van der Waals surface area contributed by atoms with Crippen LogP contribution in [0.1, 0.15) is 406 Å². The van der Waals surface area contributed by atoms with Gasteiger partial charge in [-0.2, -0.15) is 0 Å². The van der Waals surface area contributed by atoms with Crippen molar-refractivity contribution in [2.24, 2.45) is 189 Å². The summed E-state index contributed by atoms with van der Waals surface area (Å²) in [4.78, 5) is 8.09. The third-order valence-electron chi connectivity index (χ3n) is 44.7. The summed E-state index contributed by atoms with van der Waals surface area (Å²) in [5, 5.41) is 0. The van der Waals surface area contributed by atoms with Crippen LogP contribution in [0.5, 0.6) is 0 Å². The lowest BCUT2D eigenvalue weighted by molar-refractivity contribution is -0.157. The van der Waals surface area contributed by atoms with E-state index in [1.807, 2.05) is 0 Å². The highest BCUT2D eigenvalue weighted by molar-refractivity contribution is 6.65. The summed E-state index contributed by atoms with van der Waals surface area (Å²) in [5.74, 6) is 35.9. The lowest BCUT2D eigenvalue weighted by Crippen LogP contribution is -2.77. The molecule has 0 N–H and O–H groups in total. The van der Waals surface area contributed by atoms with Crippen LogP contribution in [0.3, 0.4) is 0 Å². The Balaban J connectivity index is 0.693. The van der Waals surface area contributed by atoms with Crippen molar-refractivity contribution in [3.8, 4) is 0 Å². The average Bonchev–Trinajstić information content (AvgIpc) is 0.688. The molecule has 107 heavy (non-hydrogen) atoms. The number of hydrogen-bond donors (Lipinski definition) is 0. The molecule has 2 nitrogen and oxygen atoms in total. The van der Waals surface area contributed by atoms with Crippen LogP contribution in [-0.4, -0.2) is 52.8 Å². The molecule has 598 valence electrons. The van der Waals surface area contributed by atoms with E-state index in [1.165, 1.54) is 0 Å². The van der Waals surface area contributed by atoms with Crippen LogP contribution in [0.2, 0.25) is 17.5 Å². The number of hydrogen-bond acceptors (Lipinski definition) is 2. The van der Waals surface area contributed by atoms with Gasteiger partial charge in [0.2, 0.25) is 0 Å². The molecular formula is C104H169BN2. The fourth-order valence-electron chi connectivity index (χ4n) is 41.7. The first-order chi connectivity index (χ1) is 52.7. The fourth-order valence-corrected chi connectivity index (χ4v) is 41.7. The molecule has 0 spiro atoms. The fraction of sp³-hybridized carbons (Fsp3) is 1.00. The monoisotopic (exact) mass is 1460 g/mol. The van der Waals surface area contributed by atoms with Crippen LogP contribution in [-0.2, 0) is 0 Å². The van der Waals surface area contributed by atoms with Gasteiger partial charge in [-0.25, -0.2) is 0 Å². The van der Waals surface area contributed by atoms with Gasteiger partial charge in [-0.15, -0.1) is 0 Å². The topological polar surface area (TPSA) is 6.48 Å². The normalized spacial score (nSPS) is 53.7. The Labute approximate surface area is 661 Å². The van der Waals surface area contributed by atoms with Crippen LogP contribution in [0.25, 0.3) is 0 Å². The first-order valence-electron chi connectivity index (χ1n) is 52.3. The van der Waals surface area contributed by atoms with Crippen molar-refractivity contribution in [2.45, 2.75) is 460 Å². The molecule has 2 heterocycles. The molecule has 0 aromatic heterocycles. The molecule has 2 saturated heterocycles. The van der Waals surface area contributed by atoms with Crippen LogP contribution in [0.15, 0.2) is 0 Å². The molecule has 22 fully saturated rings. The zero-order valence-corrected chi connectivity index (χ0v) is 70.5. The Morgan fingerprint density at radius 3 is 0.832 bits per heavy atom. The molecule has 3 heteroatoms. The van der Waals surface area contributed by atoms with Crippen molar-refractivity contribution >= 4 is 6.71 Å². The van der Waals surface area contributed by atoms with Crippen LogP contribution in [0.4, 0.5) is 0 Å². The molecule has 20 aliphatic carbocycles. The van der Waals surface area contributed by atoms with E-state index in [0.29, 0.717) is 5.41 Å². The van der Waals surface area contributed by atoms with Crippen LogP contribution in [0, 0.1) is 189 Å². The summed E-state index contributed by atoms with van der Waals surface area (Å²) < 4.78 is 0. The van der Waals surface area contributed by atoms with Gasteiger partial charge in [-0.05, 0) is 348 Å². The first kappa shape index (κ1) is 73.4. The van der Waals surface area contributed by atoms with Crippen molar-refractivity contribution in [3.63, 3.8) is 0 Å². The van der Waals surface area contributed by atoms with E-state index >= 15 is 0 Å². The first-order valence-corrected chi connectivity index (χ1v) is 52.3. The van der Waals surface area contributed by atoms with Crippen LogP contribution >= 0.6 is 0 Å². The highest BCUT2D eigenvalue weighted by Crippen LogP contribution is 2.73. The minimum atomic E-state index is 0.458. The van der Waals surface area contributed by atoms with Crippen molar-refractivity contribution < 1.29 is 0 Å². The maximum absolute atomic E-state index is 4.05. The number of fused-ring (bicyclic) bond motifs is 8. The molecule has 30 atom stereocenters. The van der Waals surface area contributed by atoms with Gasteiger partial charge in [0.25, 0.3) is 0 Å². The lowest BCUT2D eigenvalue weighted by Gasteiger charge is -2.72. The molecule has 0 aromatic rings. The van der Waals surface area contributed by atoms with Gasteiger partial charge in [0, 0.05) is 36.3 Å². The molecule has 0 aromatic carbocycles. The molecule has 2 aliphatic heterocycles. The second-order valence-electron chi connectivity index (χ2n) is 48.8. The predicted molar refractivity (Wildman–Crippen MR) is 448 cm³/mol. The SMILES string of the molecule is CC(C)(C)C1CCC(C2CC3C4B(C5CCC(C6CC7CCCC8C9CCCC%10CCCC(C(C6)C78)C%109)CC5N3C3C(C5CCCCC5)CCCC3C3CCCCC3)C3CCC(C5CC6CCCC7C8CCCC9CCCC(C(C5)C67)C98)CC3N(C3C(C5CCCCC5)CCCC3C3CCCCC3)C4C2)CC1. The van der Waals surface area contributed by atoms with Gasteiger partial charge in [-0.3, -0.25) is 9.80 Å². The minimum Gasteiger partial charge on any atom is -0.295 e. The van der Waals surface area contributed by atoms with E-state index in [2.05, 4.69) is 30.6 Å². The second kappa shape index (κ2) is 30.7. The third kappa shape index (κ3) is 12.9. The Morgan fingerprint density at radius 2 is 0.477 bits per heavy atom. The predicted octanol–water partition coefficient (Wildman–Crippen LogP) is 28.3. The molecular weight excluding hydrogens is 1290 g/mol. The van der Waals surface area contributed by atoms with E-state index < -0.39 is 0 Å². The lowest BCUT2D eigenvalue weighted by atomic mass is 9.18. The van der Waals surface area contributed by atoms with Gasteiger partial charge in [0.1, 0.15) is 0 Å². The maximum atomic E-state index is 4.05. The van der Waals surface area contributed by atoms with Crippen molar-refractivity contribution in [2.75, 3.05) is 0 Å². The van der Waals surface area contributed by atoms with Gasteiger partial charge < -0.3 is 0 Å². The Bertz CT molecular complexity index is 2720. The summed E-state index contributed by atoms with van der Waals surface area (Å²) in [6.45, 7) is 9.03. The van der Waals surface area contributed by atoms with E-state index in [0.717, 1.165) is 244 Å².